The van der Waals surface area contributed by atoms with E-state index in [0.29, 0.717) is 19.6 Å². The van der Waals surface area contributed by atoms with Crippen LogP contribution in [0.2, 0.25) is 5.02 Å². The summed E-state index contributed by atoms with van der Waals surface area (Å²) in [6.45, 7) is 7.64. The fourth-order valence-electron chi connectivity index (χ4n) is 2.15. The maximum atomic E-state index is 8.87. The zero-order valence-electron chi connectivity index (χ0n) is 13.0. The molecule has 0 bridgehead atoms. The molecule has 0 heterocycles. The Labute approximate surface area is 132 Å². The lowest BCUT2D eigenvalue weighted by atomic mass is 10.1. The van der Waals surface area contributed by atoms with Gasteiger partial charge in [0.2, 0.25) is 0 Å². The van der Waals surface area contributed by atoms with Crippen molar-refractivity contribution in [1.82, 2.24) is 5.32 Å². The Hall–Kier alpha value is -1.24. The van der Waals surface area contributed by atoms with E-state index >= 15 is 0 Å². The van der Waals surface area contributed by atoms with E-state index in [9.17, 15) is 0 Å². The van der Waals surface area contributed by atoms with E-state index in [1.807, 2.05) is 18.2 Å². The van der Waals surface area contributed by atoms with Crippen LogP contribution in [0.5, 0.6) is 5.75 Å². The molecule has 0 spiro atoms. The number of hydrogen-bond donors (Lipinski definition) is 1. The number of rotatable bonds is 6. The highest BCUT2D eigenvalue weighted by atomic mass is 35.5. The quantitative estimate of drug-likeness (QED) is 0.852. The summed E-state index contributed by atoms with van der Waals surface area (Å²) in [6, 6.07) is 8.00. The first-order chi connectivity index (χ1) is 9.85. The Morgan fingerprint density at radius 1 is 1.38 bits per heavy atom. The van der Waals surface area contributed by atoms with Crippen LogP contribution in [0.1, 0.15) is 45.6 Å². The SMILES string of the molecule is CC(C)(C)NCc1c(Cl)cccc1OCC1(CC#N)CC1. The van der Waals surface area contributed by atoms with Crippen molar-refractivity contribution in [2.45, 2.75) is 52.1 Å². The minimum atomic E-state index is 0.0228. The van der Waals surface area contributed by atoms with Gasteiger partial charge in [0, 0.05) is 34.5 Å². The molecule has 1 aliphatic carbocycles. The molecule has 0 amide bonds. The van der Waals surface area contributed by atoms with Gasteiger partial charge in [0.25, 0.3) is 0 Å². The summed E-state index contributed by atoms with van der Waals surface area (Å²) < 4.78 is 5.99. The zero-order valence-corrected chi connectivity index (χ0v) is 13.8. The molecular formula is C17H23ClN2O. The van der Waals surface area contributed by atoms with Gasteiger partial charge < -0.3 is 10.1 Å². The predicted octanol–water partition coefficient (Wildman–Crippen LogP) is 4.30. The first-order valence-corrected chi connectivity index (χ1v) is 7.75. The fraction of sp³-hybridized carbons (Fsp3) is 0.588. The number of nitrogens with zero attached hydrogens (tertiary/aromatic N) is 1. The largest absolute Gasteiger partial charge is 0.493 e. The highest BCUT2D eigenvalue weighted by Gasteiger charge is 2.43. The van der Waals surface area contributed by atoms with Crippen molar-refractivity contribution in [3.8, 4) is 11.8 Å². The smallest absolute Gasteiger partial charge is 0.125 e. The topological polar surface area (TPSA) is 45.0 Å². The van der Waals surface area contributed by atoms with Crippen molar-refractivity contribution in [3.05, 3.63) is 28.8 Å². The average Bonchev–Trinajstić information content (AvgIpc) is 3.15. The van der Waals surface area contributed by atoms with E-state index in [4.69, 9.17) is 21.6 Å². The summed E-state index contributed by atoms with van der Waals surface area (Å²) in [5.74, 6) is 0.823. The van der Waals surface area contributed by atoms with Gasteiger partial charge in [0.15, 0.2) is 0 Å². The van der Waals surface area contributed by atoms with Crippen molar-refractivity contribution in [2.75, 3.05) is 6.61 Å². The maximum absolute atomic E-state index is 8.87. The summed E-state index contributed by atoms with van der Waals surface area (Å²) in [5.41, 5.74) is 1.09. The van der Waals surface area contributed by atoms with Crippen LogP contribution in [-0.4, -0.2) is 12.1 Å². The fourth-order valence-corrected chi connectivity index (χ4v) is 2.38. The third-order valence-corrected chi connectivity index (χ3v) is 4.17. The van der Waals surface area contributed by atoms with Gasteiger partial charge in [-0.2, -0.15) is 5.26 Å². The molecular weight excluding hydrogens is 284 g/mol. The van der Waals surface area contributed by atoms with Crippen LogP contribution in [0.3, 0.4) is 0 Å². The molecule has 0 aromatic heterocycles. The maximum Gasteiger partial charge on any atom is 0.125 e. The van der Waals surface area contributed by atoms with Crippen LogP contribution in [0, 0.1) is 16.7 Å². The van der Waals surface area contributed by atoms with Crippen molar-refractivity contribution in [1.29, 1.82) is 5.26 Å². The first kappa shape index (κ1) is 16.1. The van der Waals surface area contributed by atoms with Gasteiger partial charge >= 0.3 is 0 Å². The van der Waals surface area contributed by atoms with E-state index in [1.165, 1.54) is 0 Å². The van der Waals surface area contributed by atoms with Gasteiger partial charge in [-0.3, -0.25) is 0 Å². The van der Waals surface area contributed by atoms with Crippen LogP contribution in [0.4, 0.5) is 0 Å². The molecule has 0 radical (unpaired) electrons. The van der Waals surface area contributed by atoms with E-state index in [0.717, 1.165) is 29.2 Å². The Bertz CT molecular complexity index is 539. The van der Waals surface area contributed by atoms with Gasteiger partial charge in [0.05, 0.1) is 12.7 Å². The molecule has 0 saturated heterocycles. The van der Waals surface area contributed by atoms with Crippen LogP contribution in [-0.2, 0) is 6.54 Å². The van der Waals surface area contributed by atoms with Gasteiger partial charge in [-0.05, 0) is 45.7 Å². The summed E-state index contributed by atoms with van der Waals surface area (Å²) in [4.78, 5) is 0. The van der Waals surface area contributed by atoms with Crippen LogP contribution < -0.4 is 10.1 Å². The summed E-state index contributed by atoms with van der Waals surface area (Å²) in [6.07, 6.45) is 2.73. The van der Waals surface area contributed by atoms with Crippen LogP contribution >= 0.6 is 11.6 Å². The zero-order chi connectivity index (χ0) is 15.5. The second kappa shape index (κ2) is 6.25. The number of nitrogens with one attached hydrogen (secondary N) is 1. The minimum absolute atomic E-state index is 0.0228. The molecule has 114 valence electrons. The molecule has 0 unspecified atom stereocenters. The summed E-state index contributed by atoms with van der Waals surface area (Å²) in [5, 5.41) is 13.0. The standard InChI is InChI=1S/C17H23ClN2O/c1-16(2,3)20-11-13-14(18)5-4-6-15(13)21-12-17(7-8-17)9-10-19/h4-6,20H,7-9,11-12H2,1-3H3. The van der Waals surface area contributed by atoms with Gasteiger partial charge in [-0.1, -0.05) is 17.7 Å². The van der Waals surface area contributed by atoms with Gasteiger partial charge in [-0.25, -0.2) is 0 Å². The van der Waals surface area contributed by atoms with E-state index in [1.54, 1.807) is 0 Å². The van der Waals surface area contributed by atoms with E-state index < -0.39 is 0 Å². The lowest BCUT2D eigenvalue weighted by Crippen LogP contribution is -2.35. The van der Waals surface area contributed by atoms with Crippen LogP contribution in [0.15, 0.2) is 18.2 Å². The van der Waals surface area contributed by atoms with E-state index in [2.05, 4.69) is 32.2 Å². The molecule has 1 fully saturated rings. The lowest BCUT2D eigenvalue weighted by Gasteiger charge is -2.23. The molecule has 1 saturated carbocycles. The molecule has 21 heavy (non-hydrogen) atoms. The minimum Gasteiger partial charge on any atom is -0.493 e. The molecule has 1 aromatic carbocycles. The molecule has 3 nitrogen and oxygen atoms in total. The van der Waals surface area contributed by atoms with Gasteiger partial charge in [0.1, 0.15) is 5.75 Å². The molecule has 1 N–H and O–H groups in total. The number of benzene rings is 1. The Kier molecular flexibility index (Phi) is 4.81. The second-order valence-corrected chi connectivity index (χ2v) is 7.35. The van der Waals surface area contributed by atoms with E-state index in [-0.39, 0.29) is 11.0 Å². The number of hydrogen-bond acceptors (Lipinski definition) is 3. The van der Waals surface area contributed by atoms with Gasteiger partial charge in [-0.15, -0.1) is 0 Å². The lowest BCUT2D eigenvalue weighted by molar-refractivity contribution is 0.234. The predicted molar refractivity (Wildman–Crippen MR) is 85.4 cm³/mol. The molecule has 4 heteroatoms. The monoisotopic (exact) mass is 306 g/mol. The Morgan fingerprint density at radius 2 is 2.10 bits per heavy atom. The third kappa shape index (κ3) is 4.62. The van der Waals surface area contributed by atoms with Crippen molar-refractivity contribution in [2.24, 2.45) is 5.41 Å². The number of ether oxygens (including phenoxy) is 1. The average molecular weight is 307 g/mol. The normalized spacial score (nSPS) is 16.3. The number of halogens is 1. The summed E-state index contributed by atoms with van der Waals surface area (Å²) >= 11 is 6.31. The van der Waals surface area contributed by atoms with Crippen molar-refractivity contribution < 1.29 is 4.74 Å². The molecule has 2 rings (SSSR count). The Morgan fingerprint density at radius 3 is 2.67 bits per heavy atom. The van der Waals surface area contributed by atoms with Crippen molar-refractivity contribution in [3.63, 3.8) is 0 Å². The molecule has 0 atom stereocenters. The van der Waals surface area contributed by atoms with Crippen LogP contribution in [0.25, 0.3) is 0 Å². The molecule has 1 aliphatic rings. The highest BCUT2D eigenvalue weighted by Crippen LogP contribution is 2.49. The number of nitriles is 1. The van der Waals surface area contributed by atoms with Crippen molar-refractivity contribution >= 4 is 11.6 Å². The molecule has 0 aliphatic heterocycles. The Balaban J connectivity index is 2.05. The second-order valence-electron chi connectivity index (χ2n) is 6.94. The molecule has 1 aromatic rings. The third-order valence-electron chi connectivity index (χ3n) is 3.82. The summed E-state index contributed by atoms with van der Waals surface area (Å²) in [7, 11) is 0. The highest BCUT2D eigenvalue weighted by molar-refractivity contribution is 6.31. The first-order valence-electron chi connectivity index (χ1n) is 7.37.